The predicted molar refractivity (Wildman–Crippen MR) is 85.4 cm³/mol. The van der Waals surface area contributed by atoms with Crippen LogP contribution in [0.25, 0.3) is 0 Å². The Labute approximate surface area is 130 Å². The molecular weight excluding hydrogens is 297 g/mol. The van der Waals surface area contributed by atoms with E-state index >= 15 is 0 Å². The second kappa shape index (κ2) is 7.27. The monoisotopic (exact) mass is 317 g/mol. The highest BCUT2D eigenvalue weighted by atomic mass is 35.5. The summed E-state index contributed by atoms with van der Waals surface area (Å²) in [6, 6.07) is 4.96. The minimum Gasteiger partial charge on any atom is -0.330 e. The minimum absolute atomic E-state index is 0.0251. The van der Waals surface area contributed by atoms with E-state index in [-0.39, 0.29) is 17.9 Å². The average molecular weight is 318 g/mol. The molecule has 1 aromatic rings. The van der Waals surface area contributed by atoms with Gasteiger partial charge >= 0.3 is 0 Å². The van der Waals surface area contributed by atoms with Crippen LogP contribution < -0.4 is 11.1 Å². The summed E-state index contributed by atoms with van der Waals surface area (Å²) in [5.74, 6) is -0.135. The summed E-state index contributed by atoms with van der Waals surface area (Å²) < 4.78 is 0. The smallest absolute Gasteiger partial charge is 0.238 e. The molecule has 1 amide bonds. The number of halogens is 2. The molecule has 0 aliphatic carbocycles. The molecule has 1 rings (SSSR count). The summed E-state index contributed by atoms with van der Waals surface area (Å²) in [4.78, 5) is 13.9. The number of carbonyl (C=O) groups excluding carboxylic acids is 1. The standard InChI is InChI=1S/C14H21Cl2N3O/c1-14(2,8-17)9-19(3)7-13(20)18-12-6-10(15)4-5-11(12)16/h4-6H,7-9,17H2,1-3H3,(H,18,20). The van der Waals surface area contributed by atoms with Crippen LogP contribution in [0.15, 0.2) is 18.2 Å². The molecule has 20 heavy (non-hydrogen) atoms. The van der Waals surface area contributed by atoms with Crippen molar-refractivity contribution in [1.29, 1.82) is 0 Å². The number of rotatable bonds is 6. The van der Waals surface area contributed by atoms with Crippen LogP contribution in [0.3, 0.4) is 0 Å². The van der Waals surface area contributed by atoms with E-state index in [4.69, 9.17) is 28.9 Å². The maximum absolute atomic E-state index is 12.0. The van der Waals surface area contributed by atoms with E-state index in [0.29, 0.717) is 22.3 Å². The summed E-state index contributed by atoms with van der Waals surface area (Å²) in [5, 5.41) is 3.75. The van der Waals surface area contributed by atoms with Crippen molar-refractivity contribution in [3.8, 4) is 0 Å². The molecule has 6 heteroatoms. The second-order valence-electron chi connectivity index (χ2n) is 5.71. The van der Waals surface area contributed by atoms with Gasteiger partial charge in [-0.2, -0.15) is 0 Å². The number of nitrogens with zero attached hydrogens (tertiary/aromatic N) is 1. The fraction of sp³-hybridized carbons (Fsp3) is 0.500. The molecule has 3 N–H and O–H groups in total. The summed E-state index contributed by atoms with van der Waals surface area (Å²) in [5.41, 5.74) is 6.18. The van der Waals surface area contributed by atoms with Crippen molar-refractivity contribution in [2.75, 3.05) is 32.0 Å². The number of hydrogen-bond acceptors (Lipinski definition) is 3. The Morgan fingerprint density at radius 1 is 1.40 bits per heavy atom. The molecule has 0 atom stereocenters. The van der Waals surface area contributed by atoms with E-state index in [1.807, 2.05) is 11.9 Å². The van der Waals surface area contributed by atoms with Crippen molar-refractivity contribution in [3.05, 3.63) is 28.2 Å². The Balaban J connectivity index is 2.57. The molecule has 0 saturated carbocycles. The van der Waals surface area contributed by atoms with Gasteiger partial charge in [-0.15, -0.1) is 0 Å². The number of amides is 1. The van der Waals surface area contributed by atoms with Crippen LogP contribution in [-0.2, 0) is 4.79 Å². The lowest BCUT2D eigenvalue weighted by atomic mass is 9.93. The second-order valence-corrected chi connectivity index (χ2v) is 6.56. The average Bonchev–Trinajstić information content (AvgIpc) is 2.33. The first kappa shape index (κ1) is 17.2. The first-order valence-electron chi connectivity index (χ1n) is 6.37. The van der Waals surface area contributed by atoms with Crippen LogP contribution in [0.2, 0.25) is 10.0 Å². The topological polar surface area (TPSA) is 58.4 Å². The van der Waals surface area contributed by atoms with Crippen molar-refractivity contribution >= 4 is 34.8 Å². The molecule has 1 aromatic carbocycles. The first-order valence-corrected chi connectivity index (χ1v) is 7.12. The Morgan fingerprint density at radius 2 is 2.05 bits per heavy atom. The maximum Gasteiger partial charge on any atom is 0.238 e. The van der Waals surface area contributed by atoms with Gasteiger partial charge in [0.1, 0.15) is 0 Å². The Morgan fingerprint density at radius 3 is 2.65 bits per heavy atom. The quantitative estimate of drug-likeness (QED) is 0.848. The SMILES string of the molecule is CN(CC(=O)Nc1cc(Cl)ccc1Cl)CC(C)(C)CN. The molecule has 0 aromatic heterocycles. The van der Waals surface area contributed by atoms with Gasteiger partial charge in [-0.3, -0.25) is 9.69 Å². The Hall–Kier alpha value is -0.810. The number of hydrogen-bond donors (Lipinski definition) is 2. The molecule has 0 heterocycles. The van der Waals surface area contributed by atoms with Crippen LogP contribution in [0.4, 0.5) is 5.69 Å². The van der Waals surface area contributed by atoms with Crippen molar-refractivity contribution < 1.29 is 4.79 Å². The van der Waals surface area contributed by atoms with Gasteiger partial charge in [0.25, 0.3) is 0 Å². The molecule has 0 radical (unpaired) electrons. The van der Waals surface area contributed by atoms with E-state index in [0.717, 1.165) is 6.54 Å². The van der Waals surface area contributed by atoms with Crippen molar-refractivity contribution in [2.45, 2.75) is 13.8 Å². The number of anilines is 1. The molecule has 0 fully saturated rings. The van der Waals surface area contributed by atoms with Gasteiger partial charge in [0, 0.05) is 11.6 Å². The maximum atomic E-state index is 12.0. The molecule has 0 spiro atoms. The lowest BCUT2D eigenvalue weighted by molar-refractivity contribution is -0.117. The minimum atomic E-state index is -0.135. The first-order chi connectivity index (χ1) is 9.23. The van der Waals surface area contributed by atoms with Crippen LogP contribution in [0.1, 0.15) is 13.8 Å². The molecule has 0 unspecified atom stereocenters. The zero-order chi connectivity index (χ0) is 15.3. The van der Waals surface area contributed by atoms with Crippen molar-refractivity contribution in [2.24, 2.45) is 11.1 Å². The molecule has 0 bridgehead atoms. The number of carbonyl (C=O) groups is 1. The fourth-order valence-electron chi connectivity index (χ4n) is 1.88. The van der Waals surface area contributed by atoms with Gasteiger partial charge in [0.2, 0.25) is 5.91 Å². The summed E-state index contributed by atoms with van der Waals surface area (Å²) in [6.07, 6.45) is 0. The third-order valence-corrected chi connectivity index (χ3v) is 3.43. The van der Waals surface area contributed by atoms with Crippen LogP contribution >= 0.6 is 23.2 Å². The molecule has 0 saturated heterocycles. The largest absolute Gasteiger partial charge is 0.330 e. The highest BCUT2D eigenvalue weighted by Gasteiger charge is 2.19. The highest BCUT2D eigenvalue weighted by molar-refractivity contribution is 6.35. The number of nitrogens with two attached hydrogens (primary N) is 1. The zero-order valence-electron chi connectivity index (χ0n) is 12.0. The van der Waals surface area contributed by atoms with Gasteiger partial charge in [0.05, 0.1) is 17.3 Å². The number of nitrogens with one attached hydrogen (secondary N) is 1. The highest BCUT2D eigenvalue weighted by Crippen LogP contribution is 2.25. The Kier molecular flexibility index (Phi) is 6.27. The van der Waals surface area contributed by atoms with Crippen LogP contribution in [0.5, 0.6) is 0 Å². The summed E-state index contributed by atoms with van der Waals surface area (Å²) in [6.45, 7) is 5.70. The van der Waals surface area contributed by atoms with Gasteiger partial charge in [0.15, 0.2) is 0 Å². The molecule has 112 valence electrons. The van der Waals surface area contributed by atoms with Crippen LogP contribution in [-0.4, -0.2) is 37.5 Å². The number of benzene rings is 1. The Bertz CT molecular complexity index is 477. The number of likely N-dealkylation sites (N-methyl/N-ethyl adjacent to an activating group) is 1. The molecule has 4 nitrogen and oxygen atoms in total. The lowest BCUT2D eigenvalue weighted by Gasteiger charge is -2.28. The predicted octanol–water partition coefficient (Wildman–Crippen LogP) is 2.85. The van der Waals surface area contributed by atoms with Gasteiger partial charge < -0.3 is 11.1 Å². The van der Waals surface area contributed by atoms with E-state index in [1.54, 1.807) is 18.2 Å². The third kappa shape index (κ3) is 5.67. The van der Waals surface area contributed by atoms with Gasteiger partial charge in [-0.05, 0) is 37.2 Å². The fourth-order valence-corrected chi connectivity index (χ4v) is 2.22. The van der Waals surface area contributed by atoms with Crippen LogP contribution in [0, 0.1) is 5.41 Å². The van der Waals surface area contributed by atoms with E-state index < -0.39 is 0 Å². The van der Waals surface area contributed by atoms with E-state index in [2.05, 4.69) is 19.2 Å². The molecular formula is C14H21Cl2N3O. The van der Waals surface area contributed by atoms with E-state index in [1.165, 1.54) is 0 Å². The molecule has 0 aliphatic heterocycles. The van der Waals surface area contributed by atoms with Crippen molar-refractivity contribution in [1.82, 2.24) is 4.90 Å². The van der Waals surface area contributed by atoms with Gasteiger partial charge in [-0.25, -0.2) is 0 Å². The lowest BCUT2D eigenvalue weighted by Crippen LogP contribution is -2.40. The zero-order valence-corrected chi connectivity index (χ0v) is 13.6. The van der Waals surface area contributed by atoms with E-state index in [9.17, 15) is 4.79 Å². The summed E-state index contributed by atoms with van der Waals surface area (Å²) >= 11 is 11.9. The normalized spacial score (nSPS) is 11.8. The molecule has 0 aliphatic rings. The van der Waals surface area contributed by atoms with Gasteiger partial charge in [-0.1, -0.05) is 37.0 Å². The third-order valence-electron chi connectivity index (χ3n) is 2.87. The summed E-state index contributed by atoms with van der Waals surface area (Å²) in [7, 11) is 1.89. The van der Waals surface area contributed by atoms with Crippen molar-refractivity contribution in [3.63, 3.8) is 0 Å².